The molecule has 2 aromatic heterocycles. The molecule has 0 radical (unpaired) electrons. The van der Waals surface area contributed by atoms with Crippen LogP contribution in [0.1, 0.15) is 34.7 Å². The van der Waals surface area contributed by atoms with Crippen molar-refractivity contribution in [1.29, 1.82) is 0 Å². The Kier molecular flexibility index (Phi) is 4.23. The van der Waals surface area contributed by atoms with Gasteiger partial charge in [0, 0.05) is 16.5 Å². The normalized spacial score (nSPS) is 14.0. The Morgan fingerprint density at radius 1 is 1.37 bits per heavy atom. The summed E-state index contributed by atoms with van der Waals surface area (Å²) in [5, 5.41) is 25.3. The number of nitro benzene ring substituents is 1. The van der Waals surface area contributed by atoms with Gasteiger partial charge in [0.15, 0.2) is 5.75 Å². The predicted molar refractivity (Wildman–Crippen MR) is 103 cm³/mol. The molecule has 1 aliphatic rings. The molecule has 3 aromatic rings. The third-order valence-corrected chi connectivity index (χ3v) is 5.83. The van der Waals surface area contributed by atoms with Crippen LogP contribution in [0.2, 0.25) is 0 Å². The molecule has 0 bridgehead atoms. The van der Waals surface area contributed by atoms with E-state index in [4.69, 9.17) is 0 Å². The van der Waals surface area contributed by atoms with Crippen molar-refractivity contribution >= 4 is 33.5 Å². The fourth-order valence-corrected chi connectivity index (χ4v) is 4.62. The van der Waals surface area contributed by atoms with Crippen LogP contribution in [0, 0.1) is 17.0 Å². The summed E-state index contributed by atoms with van der Waals surface area (Å²) in [6.07, 6.45) is 5.41. The van der Waals surface area contributed by atoms with Gasteiger partial charge in [-0.2, -0.15) is 9.78 Å². The molecule has 0 amide bonds. The SMILES string of the molecule is Cc1nc2sc3c(c2c(=O)n1/N=C\c1ccc(O)c([N+](=O)[O-])c1)CCCC3. The number of aromatic hydroxyl groups is 1. The Bertz CT molecular complexity index is 1160. The monoisotopic (exact) mass is 384 g/mol. The molecular weight excluding hydrogens is 368 g/mol. The Balaban J connectivity index is 1.80. The first-order valence-electron chi connectivity index (χ1n) is 8.51. The van der Waals surface area contributed by atoms with E-state index in [0.29, 0.717) is 16.8 Å². The second-order valence-electron chi connectivity index (χ2n) is 6.42. The quantitative estimate of drug-likeness (QED) is 0.424. The lowest BCUT2D eigenvalue weighted by atomic mass is 9.97. The highest BCUT2D eigenvalue weighted by Crippen LogP contribution is 2.33. The zero-order valence-corrected chi connectivity index (χ0v) is 15.3. The Morgan fingerprint density at radius 3 is 2.93 bits per heavy atom. The Hall–Kier alpha value is -3.07. The van der Waals surface area contributed by atoms with Gasteiger partial charge in [0.25, 0.3) is 5.56 Å². The van der Waals surface area contributed by atoms with Crippen molar-refractivity contribution in [3.8, 4) is 5.75 Å². The molecule has 0 aliphatic heterocycles. The molecule has 8 nitrogen and oxygen atoms in total. The predicted octanol–water partition coefficient (Wildman–Crippen LogP) is 3.14. The fourth-order valence-electron chi connectivity index (χ4n) is 3.33. The van der Waals surface area contributed by atoms with Gasteiger partial charge in [0.1, 0.15) is 10.7 Å². The minimum Gasteiger partial charge on any atom is -0.502 e. The van der Waals surface area contributed by atoms with E-state index in [9.17, 15) is 20.0 Å². The molecule has 1 aliphatic carbocycles. The van der Waals surface area contributed by atoms with Crippen molar-refractivity contribution in [3.63, 3.8) is 0 Å². The van der Waals surface area contributed by atoms with Crippen LogP contribution in [0.4, 0.5) is 5.69 Å². The summed E-state index contributed by atoms with van der Waals surface area (Å²) >= 11 is 1.58. The number of fused-ring (bicyclic) bond motifs is 3. The maximum absolute atomic E-state index is 13.0. The highest BCUT2D eigenvalue weighted by molar-refractivity contribution is 7.18. The first-order chi connectivity index (χ1) is 13.0. The lowest BCUT2D eigenvalue weighted by Crippen LogP contribution is -2.21. The third-order valence-electron chi connectivity index (χ3n) is 4.65. The summed E-state index contributed by atoms with van der Waals surface area (Å²) < 4.78 is 1.22. The second kappa shape index (κ2) is 6.58. The van der Waals surface area contributed by atoms with E-state index in [1.165, 1.54) is 34.0 Å². The van der Waals surface area contributed by atoms with E-state index in [1.807, 2.05) is 0 Å². The number of benzene rings is 1. The molecule has 0 spiro atoms. The minimum atomic E-state index is -0.671. The van der Waals surface area contributed by atoms with Gasteiger partial charge < -0.3 is 5.11 Å². The maximum Gasteiger partial charge on any atom is 0.311 e. The van der Waals surface area contributed by atoms with Crippen LogP contribution in [-0.4, -0.2) is 25.9 Å². The smallest absolute Gasteiger partial charge is 0.311 e. The second-order valence-corrected chi connectivity index (χ2v) is 7.50. The van der Waals surface area contributed by atoms with Gasteiger partial charge in [-0.05, 0) is 50.3 Å². The lowest BCUT2D eigenvalue weighted by Gasteiger charge is -2.10. The summed E-state index contributed by atoms with van der Waals surface area (Å²) in [5.41, 5.74) is 0.853. The van der Waals surface area contributed by atoms with Gasteiger partial charge in [0.2, 0.25) is 0 Å². The number of aromatic nitrogens is 2. The van der Waals surface area contributed by atoms with Crippen LogP contribution in [0.15, 0.2) is 28.1 Å². The number of nitro groups is 1. The molecule has 0 fully saturated rings. The minimum absolute atomic E-state index is 0.221. The number of thiophene rings is 1. The average Bonchev–Trinajstić information content (AvgIpc) is 3.00. The number of hydrogen-bond donors (Lipinski definition) is 1. The maximum atomic E-state index is 13.0. The van der Waals surface area contributed by atoms with Gasteiger partial charge in [-0.25, -0.2) is 4.98 Å². The highest BCUT2D eigenvalue weighted by atomic mass is 32.1. The molecule has 1 aromatic carbocycles. The van der Waals surface area contributed by atoms with Crippen LogP contribution in [-0.2, 0) is 12.8 Å². The summed E-state index contributed by atoms with van der Waals surface area (Å²) in [7, 11) is 0. The average molecular weight is 384 g/mol. The van der Waals surface area contributed by atoms with E-state index in [1.54, 1.807) is 18.3 Å². The van der Waals surface area contributed by atoms with Crippen molar-refractivity contribution in [2.45, 2.75) is 32.6 Å². The first kappa shape index (κ1) is 17.3. The van der Waals surface area contributed by atoms with E-state index in [-0.39, 0.29) is 5.56 Å². The number of nitrogens with zero attached hydrogens (tertiary/aromatic N) is 4. The lowest BCUT2D eigenvalue weighted by molar-refractivity contribution is -0.385. The number of phenolic OH excluding ortho intramolecular Hbond substituents is 1. The van der Waals surface area contributed by atoms with Crippen LogP contribution in [0.5, 0.6) is 5.75 Å². The summed E-state index contributed by atoms with van der Waals surface area (Å²) in [5.74, 6) is 0.0362. The summed E-state index contributed by atoms with van der Waals surface area (Å²) in [6, 6.07) is 3.92. The van der Waals surface area contributed by atoms with E-state index < -0.39 is 16.4 Å². The number of hydrogen-bond acceptors (Lipinski definition) is 7. The molecule has 27 heavy (non-hydrogen) atoms. The fraction of sp³-hybridized carbons (Fsp3) is 0.278. The van der Waals surface area contributed by atoms with Gasteiger partial charge in [-0.15, -0.1) is 11.3 Å². The summed E-state index contributed by atoms with van der Waals surface area (Å²) in [6.45, 7) is 1.70. The molecule has 138 valence electrons. The largest absolute Gasteiger partial charge is 0.502 e. The molecule has 9 heteroatoms. The van der Waals surface area contributed by atoms with Crippen molar-refractivity contribution in [1.82, 2.24) is 9.66 Å². The van der Waals surface area contributed by atoms with Crippen molar-refractivity contribution < 1.29 is 10.0 Å². The van der Waals surface area contributed by atoms with Gasteiger partial charge >= 0.3 is 5.69 Å². The molecule has 0 saturated carbocycles. The zero-order valence-electron chi connectivity index (χ0n) is 14.5. The van der Waals surface area contributed by atoms with Crippen molar-refractivity contribution in [3.05, 3.63) is 60.5 Å². The highest BCUT2D eigenvalue weighted by Gasteiger charge is 2.21. The Labute approximate surface area is 157 Å². The molecule has 1 N–H and O–H groups in total. The van der Waals surface area contributed by atoms with E-state index in [0.717, 1.165) is 36.1 Å². The van der Waals surface area contributed by atoms with Crippen LogP contribution >= 0.6 is 11.3 Å². The van der Waals surface area contributed by atoms with Gasteiger partial charge in [-0.1, -0.05) is 0 Å². The molecular formula is C18H16N4O4S. The molecule has 0 saturated heterocycles. The molecule has 2 heterocycles. The first-order valence-corrected chi connectivity index (χ1v) is 9.33. The third kappa shape index (κ3) is 2.99. The van der Waals surface area contributed by atoms with Crippen molar-refractivity contribution in [2.24, 2.45) is 5.10 Å². The van der Waals surface area contributed by atoms with Gasteiger partial charge in [0.05, 0.1) is 16.5 Å². The van der Waals surface area contributed by atoms with Gasteiger partial charge in [-0.3, -0.25) is 14.9 Å². The number of phenols is 1. The standard InChI is InChI=1S/C18H16N4O4S/c1-10-20-17-16(12-4-2-3-5-15(12)27-17)18(24)21(10)19-9-11-6-7-14(23)13(8-11)22(25)26/h6-9,23H,2-5H2,1H3/b19-9-. The molecule has 4 rings (SSSR count). The van der Waals surface area contributed by atoms with E-state index >= 15 is 0 Å². The number of rotatable bonds is 3. The van der Waals surface area contributed by atoms with Crippen molar-refractivity contribution in [2.75, 3.05) is 0 Å². The molecule has 0 unspecified atom stereocenters. The topological polar surface area (TPSA) is 111 Å². The number of aryl methyl sites for hydroxylation is 3. The van der Waals surface area contributed by atoms with Crippen LogP contribution < -0.4 is 5.56 Å². The zero-order chi connectivity index (χ0) is 19.1. The summed E-state index contributed by atoms with van der Waals surface area (Å²) in [4.78, 5) is 29.8. The van der Waals surface area contributed by atoms with Crippen LogP contribution in [0.3, 0.4) is 0 Å². The molecule has 0 atom stereocenters. The Morgan fingerprint density at radius 2 is 2.15 bits per heavy atom. The van der Waals surface area contributed by atoms with Crippen LogP contribution in [0.25, 0.3) is 10.2 Å². The van der Waals surface area contributed by atoms with E-state index in [2.05, 4.69) is 10.1 Å².